The molecule has 0 spiro atoms. The van der Waals surface area contributed by atoms with Crippen molar-refractivity contribution < 1.29 is 4.74 Å². The SMILES string of the molecule is Cc1cc(C)c2ncn(Cc3nc(C)ccc3OCc3ccccc3)c2c1. The normalized spacial score (nSPS) is 11.1. The molecule has 4 rings (SSSR count). The van der Waals surface area contributed by atoms with Gasteiger partial charge in [-0.25, -0.2) is 4.98 Å². The van der Waals surface area contributed by atoms with Gasteiger partial charge in [-0.05, 0) is 55.7 Å². The van der Waals surface area contributed by atoms with Crippen molar-refractivity contribution in [2.75, 3.05) is 0 Å². The number of hydrogen-bond donors (Lipinski definition) is 0. The summed E-state index contributed by atoms with van der Waals surface area (Å²) in [6, 6.07) is 18.5. The third-order valence-electron chi connectivity index (χ3n) is 4.69. The van der Waals surface area contributed by atoms with E-state index in [2.05, 4.69) is 47.7 Å². The van der Waals surface area contributed by atoms with Crippen LogP contribution in [0.4, 0.5) is 0 Å². The van der Waals surface area contributed by atoms with Crippen LogP contribution in [0.25, 0.3) is 11.0 Å². The second-order valence-corrected chi connectivity index (χ2v) is 6.99. The van der Waals surface area contributed by atoms with Crippen LogP contribution in [0.2, 0.25) is 0 Å². The Balaban J connectivity index is 1.65. The van der Waals surface area contributed by atoms with Crippen LogP contribution in [0.3, 0.4) is 0 Å². The number of rotatable bonds is 5. The topological polar surface area (TPSA) is 39.9 Å². The van der Waals surface area contributed by atoms with Crippen molar-refractivity contribution in [3.8, 4) is 5.75 Å². The van der Waals surface area contributed by atoms with Gasteiger partial charge in [-0.3, -0.25) is 4.98 Å². The fraction of sp³-hybridized carbons (Fsp3) is 0.217. The number of hydrogen-bond acceptors (Lipinski definition) is 3. The summed E-state index contributed by atoms with van der Waals surface area (Å²) >= 11 is 0. The molecule has 27 heavy (non-hydrogen) atoms. The smallest absolute Gasteiger partial charge is 0.143 e. The summed E-state index contributed by atoms with van der Waals surface area (Å²) in [5, 5.41) is 0. The fourth-order valence-electron chi connectivity index (χ4n) is 3.38. The quantitative estimate of drug-likeness (QED) is 0.505. The molecule has 136 valence electrons. The van der Waals surface area contributed by atoms with Crippen LogP contribution in [0, 0.1) is 20.8 Å². The standard InChI is InChI=1S/C23H23N3O/c1-16-11-17(2)23-21(12-16)26(15-24-23)13-20-22(10-9-18(3)25-20)27-14-19-7-5-4-6-8-19/h4-12,15H,13-14H2,1-3H3. The molecule has 2 aromatic heterocycles. The minimum Gasteiger partial charge on any atom is -0.487 e. The van der Waals surface area contributed by atoms with Crippen LogP contribution in [0.5, 0.6) is 5.75 Å². The molecule has 0 amide bonds. The molecule has 0 unspecified atom stereocenters. The first-order valence-electron chi connectivity index (χ1n) is 9.15. The number of fused-ring (bicyclic) bond motifs is 1. The van der Waals surface area contributed by atoms with Gasteiger partial charge >= 0.3 is 0 Å². The molecule has 0 aliphatic carbocycles. The Hall–Kier alpha value is -3.14. The van der Waals surface area contributed by atoms with E-state index in [1.165, 1.54) is 11.1 Å². The zero-order valence-electron chi connectivity index (χ0n) is 15.9. The Bertz CT molecular complexity index is 1080. The maximum Gasteiger partial charge on any atom is 0.143 e. The van der Waals surface area contributed by atoms with E-state index in [1.807, 2.05) is 43.6 Å². The van der Waals surface area contributed by atoms with Gasteiger partial charge in [-0.2, -0.15) is 0 Å². The van der Waals surface area contributed by atoms with Gasteiger partial charge in [0.1, 0.15) is 18.1 Å². The molecule has 4 heteroatoms. The van der Waals surface area contributed by atoms with E-state index in [-0.39, 0.29) is 0 Å². The predicted molar refractivity (Wildman–Crippen MR) is 108 cm³/mol. The van der Waals surface area contributed by atoms with Gasteiger partial charge in [-0.15, -0.1) is 0 Å². The summed E-state index contributed by atoms with van der Waals surface area (Å²) in [4.78, 5) is 9.33. The summed E-state index contributed by atoms with van der Waals surface area (Å²) < 4.78 is 8.24. The zero-order chi connectivity index (χ0) is 18.8. The average molecular weight is 357 g/mol. The average Bonchev–Trinajstić information content (AvgIpc) is 3.05. The number of pyridine rings is 1. The Kier molecular flexibility index (Phi) is 4.63. The largest absolute Gasteiger partial charge is 0.487 e. The second-order valence-electron chi connectivity index (χ2n) is 6.99. The summed E-state index contributed by atoms with van der Waals surface area (Å²) in [7, 11) is 0. The highest BCUT2D eigenvalue weighted by Crippen LogP contribution is 2.24. The number of ether oxygens (including phenoxy) is 1. The molecular weight excluding hydrogens is 334 g/mol. The van der Waals surface area contributed by atoms with Crippen LogP contribution in [0.15, 0.2) is 60.9 Å². The Morgan fingerprint density at radius 1 is 0.963 bits per heavy atom. The number of aromatic nitrogens is 3. The van der Waals surface area contributed by atoms with Gasteiger partial charge in [0.15, 0.2) is 0 Å². The van der Waals surface area contributed by atoms with Crippen molar-refractivity contribution in [1.29, 1.82) is 0 Å². The molecule has 2 aromatic carbocycles. The number of imidazole rings is 1. The van der Waals surface area contributed by atoms with Crippen LogP contribution < -0.4 is 4.74 Å². The van der Waals surface area contributed by atoms with Gasteiger partial charge in [0.05, 0.1) is 23.9 Å². The van der Waals surface area contributed by atoms with E-state index in [4.69, 9.17) is 9.72 Å². The van der Waals surface area contributed by atoms with Gasteiger partial charge in [0.2, 0.25) is 0 Å². The fourth-order valence-corrected chi connectivity index (χ4v) is 3.38. The minimum atomic E-state index is 0.529. The van der Waals surface area contributed by atoms with Crippen LogP contribution in [-0.4, -0.2) is 14.5 Å². The van der Waals surface area contributed by atoms with Crippen LogP contribution >= 0.6 is 0 Å². The lowest BCUT2D eigenvalue weighted by Crippen LogP contribution is -2.06. The molecule has 0 bridgehead atoms. The minimum absolute atomic E-state index is 0.529. The van der Waals surface area contributed by atoms with Crippen molar-refractivity contribution in [2.45, 2.75) is 33.9 Å². The van der Waals surface area contributed by atoms with Crippen LogP contribution in [-0.2, 0) is 13.2 Å². The van der Waals surface area contributed by atoms with E-state index in [0.29, 0.717) is 13.2 Å². The van der Waals surface area contributed by atoms with Crippen molar-refractivity contribution in [3.05, 3.63) is 89.0 Å². The summed E-state index contributed by atoms with van der Waals surface area (Å²) in [5.41, 5.74) is 7.65. The molecule has 0 saturated carbocycles. The maximum atomic E-state index is 6.09. The number of benzene rings is 2. The maximum absolute atomic E-state index is 6.09. The van der Waals surface area contributed by atoms with E-state index in [1.54, 1.807) is 0 Å². The predicted octanol–water partition coefficient (Wildman–Crippen LogP) is 4.98. The van der Waals surface area contributed by atoms with Crippen molar-refractivity contribution in [1.82, 2.24) is 14.5 Å². The summed E-state index contributed by atoms with van der Waals surface area (Å²) in [6.45, 7) is 7.38. The van der Waals surface area contributed by atoms with Gasteiger partial charge in [-0.1, -0.05) is 36.4 Å². The Morgan fingerprint density at radius 3 is 2.59 bits per heavy atom. The van der Waals surface area contributed by atoms with Gasteiger partial charge in [0.25, 0.3) is 0 Å². The molecule has 0 N–H and O–H groups in total. The van der Waals surface area contributed by atoms with Gasteiger partial charge < -0.3 is 9.30 Å². The Morgan fingerprint density at radius 2 is 1.78 bits per heavy atom. The highest BCUT2D eigenvalue weighted by Gasteiger charge is 2.11. The third kappa shape index (κ3) is 3.70. The lowest BCUT2D eigenvalue weighted by molar-refractivity contribution is 0.300. The summed E-state index contributed by atoms with van der Waals surface area (Å²) in [5.74, 6) is 0.815. The van der Waals surface area contributed by atoms with Crippen LogP contribution in [0.1, 0.15) is 28.1 Å². The highest BCUT2D eigenvalue weighted by molar-refractivity contribution is 5.79. The molecular formula is C23H23N3O. The molecule has 4 aromatic rings. The lowest BCUT2D eigenvalue weighted by Gasteiger charge is -2.13. The van der Waals surface area contributed by atoms with E-state index in [0.717, 1.165) is 33.7 Å². The zero-order valence-corrected chi connectivity index (χ0v) is 15.9. The van der Waals surface area contributed by atoms with E-state index < -0.39 is 0 Å². The molecule has 0 aliphatic heterocycles. The monoisotopic (exact) mass is 357 g/mol. The highest BCUT2D eigenvalue weighted by atomic mass is 16.5. The first-order valence-corrected chi connectivity index (χ1v) is 9.15. The molecule has 0 saturated heterocycles. The number of nitrogens with zero attached hydrogens (tertiary/aromatic N) is 3. The van der Waals surface area contributed by atoms with Crippen molar-refractivity contribution >= 4 is 11.0 Å². The first-order chi connectivity index (χ1) is 13.1. The molecule has 0 fully saturated rings. The summed E-state index contributed by atoms with van der Waals surface area (Å²) in [6.07, 6.45) is 1.89. The van der Waals surface area contributed by atoms with Crippen molar-refractivity contribution in [2.24, 2.45) is 0 Å². The molecule has 0 atom stereocenters. The van der Waals surface area contributed by atoms with Gasteiger partial charge in [0, 0.05) is 5.69 Å². The molecule has 4 nitrogen and oxygen atoms in total. The lowest BCUT2D eigenvalue weighted by atomic mass is 10.1. The van der Waals surface area contributed by atoms with E-state index >= 15 is 0 Å². The van der Waals surface area contributed by atoms with E-state index in [9.17, 15) is 0 Å². The Labute approximate surface area is 159 Å². The molecule has 0 aliphatic rings. The van der Waals surface area contributed by atoms with Crippen molar-refractivity contribution in [3.63, 3.8) is 0 Å². The second kappa shape index (κ2) is 7.23. The first kappa shape index (κ1) is 17.3. The molecule has 0 radical (unpaired) electrons. The number of aryl methyl sites for hydroxylation is 3. The molecule has 2 heterocycles. The third-order valence-corrected chi connectivity index (χ3v) is 4.69.